The zero-order valence-corrected chi connectivity index (χ0v) is 12.3. The Morgan fingerprint density at radius 2 is 1.86 bits per heavy atom. The summed E-state index contributed by atoms with van der Waals surface area (Å²) < 4.78 is 31.8. The average molecular weight is 305 g/mol. The predicted molar refractivity (Wildman–Crippen MR) is 79.4 cm³/mol. The van der Waals surface area contributed by atoms with E-state index in [0.717, 1.165) is 17.7 Å². The van der Waals surface area contributed by atoms with E-state index in [1.807, 2.05) is 30.3 Å². The molecule has 0 unspecified atom stereocenters. The first-order chi connectivity index (χ1) is 10.6. The molecule has 116 valence electrons. The zero-order chi connectivity index (χ0) is 15.9. The van der Waals surface area contributed by atoms with Gasteiger partial charge in [0.15, 0.2) is 0 Å². The minimum atomic E-state index is -0.861. The Kier molecular flexibility index (Phi) is 5.61. The van der Waals surface area contributed by atoms with Gasteiger partial charge in [-0.15, -0.1) is 0 Å². The quantitative estimate of drug-likeness (QED) is 0.820. The number of hydrogen-bond donors (Lipinski definition) is 0. The van der Waals surface area contributed by atoms with Crippen LogP contribution < -0.4 is 0 Å². The second kappa shape index (κ2) is 7.66. The van der Waals surface area contributed by atoms with E-state index in [4.69, 9.17) is 4.74 Å². The maximum absolute atomic E-state index is 13.8. The molecule has 1 amide bonds. The first-order valence-corrected chi connectivity index (χ1v) is 6.89. The lowest BCUT2D eigenvalue weighted by Gasteiger charge is -2.23. The minimum absolute atomic E-state index is 0.145. The normalized spacial score (nSPS) is 10.5. The number of amides is 1. The summed E-state index contributed by atoms with van der Waals surface area (Å²) in [5.41, 5.74) is 0.780. The van der Waals surface area contributed by atoms with Gasteiger partial charge in [-0.3, -0.25) is 4.79 Å². The first-order valence-electron chi connectivity index (χ1n) is 6.89. The van der Waals surface area contributed by atoms with Gasteiger partial charge in [0.05, 0.1) is 12.2 Å². The third-order valence-electron chi connectivity index (χ3n) is 3.23. The van der Waals surface area contributed by atoms with Crippen LogP contribution in [-0.4, -0.2) is 31.1 Å². The lowest BCUT2D eigenvalue weighted by Crippen LogP contribution is -2.34. The smallest absolute Gasteiger partial charge is 0.257 e. The highest BCUT2D eigenvalue weighted by atomic mass is 19.1. The highest BCUT2D eigenvalue weighted by molar-refractivity contribution is 5.94. The largest absolute Gasteiger partial charge is 0.383 e. The summed E-state index contributed by atoms with van der Waals surface area (Å²) in [6, 6.07) is 12.3. The molecular formula is C17H17F2NO2. The van der Waals surface area contributed by atoms with Crippen molar-refractivity contribution in [3.8, 4) is 0 Å². The summed E-state index contributed by atoms with van der Waals surface area (Å²) in [5.74, 6) is -2.06. The van der Waals surface area contributed by atoms with Gasteiger partial charge >= 0.3 is 0 Å². The van der Waals surface area contributed by atoms with Crippen molar-refractivity contribution in [2.24, 2.45) is 0 Å². The monoisotopic (exact) mass is 305 g/mol. The van der Waals surface area contributed by atoms with Crippen LogP contribution in [0.15, 0.2) is 48.5 Å². The van der Waals surface area contributed by atoms with E-state index in [9.17, 15) is 13.6 Å². The fraction of sp³-hybridized carbons (Fsp3) is 0.235. The van der Waals surface area contributed by atoms with Crippen molar-refractivity contribution in [3.63, 3.8) is 0 Å². The SMILES string of the molecule is COCCN(Cc1ccccc1)C(=O)c1ccc(F)cc1F. The number of carbonyl (C=O) groups is 1. The lowest BCUT2D eigenvalue weighted by molar-refractivity contribution is 0.0675. The fourth-order valence-corrected chi connectivity index (χ4v) is 2.09. The third-order valence-corrected chi connectivity index (χ3v) is 3.23. The molecule has 0 radical (unpaired) electrons. The molecule has 5 heteroatoms. The molecule has 3 nitrogen and oxygen atoms in total. The number of halogens is 2. The summed E-state index contributed by atoms with van der Waals surface area (Å²) in [5, 5.41) is 0. The van der Waals surface area contributed by atoms with Gasteiger partial charge in [-0.05, 0) is 17.7 Å². The van der Waals surface area contributed by atoms with E-state index in [-0.39, 0.29) is 5.56 Å². The van der Waals surface area contributed by atoms with Crippen molar-refractivity contribution in [1.82, 2.24) is 4.90 Å². The number of methoxy groups -OCH3 is 1. The number of rotatable bonds is 6. The minimum Gasteiger partial charge on any atom is -0.383 e. The molecule has 22 heavy (non-hydrogen) atoms. The number of ether oxygens (including phenoxy) is 1. The van der Waals surface area contributed by atoms with Crippen LogP contribution >= 0.6 is 0 Å². The molecule has 0 heterocycles. The summed E-state index contributed by atoms with van der Waals surface area (Å²) >= 11 is 0. The van der Waals surface area contributed by atoms with E-state index < -0.39 is 17.5 Å². The molecule has 0 bridgehead atoms. The Morgan fingerprint density at radius 1 is 1.14 bits per heavy atom. The molecule has 0 saturated carbocycles. The van der Waals surface area contributed by atoms with Gasteiger partial charge in [0, 0.05) is 26.3 Å². The van der Waals surface area contributed by atoms with Crippen LogP contribution in [0.3, 0.4) is 0 Å². The third kappa shape index (κ3) is 4.11. The number of carbonyl (C=O) groups excluding carboxylic acids is 1. The number of hydrogen-bond acceptors (Lipinski definition) is 2. The van der Waals surface area contributed by atoms with Crippen molar-refractivity contribution < 1.29 is 18.3 Å². The average Bonchev–Trinajstić information content (AvgIpc) is 2.52. The molecule has 0 aromatic heterocycles. The van der Waals surface area contributed by atoms with Gasteiger partial charge in [0.25, 0.3) is 5.91 Å². The Labute approximate surface area is 128 Å². The highest BCUT2D eigenvalue weighted by Gasteiger charge is 2.19. The molecule has 2 rings (SSSR count). The van der Waals surface area contributed by atoms with Crippen LogP contribution in [0.5, 0.6) is 0 Å². The van der Waals surface area contributed by atoms with Gasteiger partial charge in [0.2, 0.25) is 0 Å². The summed E-state index contributed by atoms with van der Waals surface area (Å²) in [6.45, 7) is 0.988. The van der Waals surface area contributed by atoms with Crippen molar-refractivity contribution >= 4 is 5.91 Å². The maximum Gasteiger partial charge on any atom is 0.257 e. The molecule has 0 aliphatic carbocycles. The second-order valence-corrected chi connectivity index (χ2v) is 4.83. The predicted octanol–water partition coefficient (Wildman–Crippen LogP) is 3.25. The Bertz CT molecular complexity index is 632. The van der Waals surface area contributed by atoms with Gasteiger partial charge in [-0.1, -0.05) is 30.3 Å². The van der Waals surface area contributed by atoms with Crippen LogP contribution in [0.2, 0.25) is 0 Å². The molecule has 0 atom stereocenters. The molecule has 2 aromatic rings. The van der Waals surface area contributed by atoms with Gasteiger partial charge in [0.1, 0.15) is 11.6 Å². The van der Waals surface area contributed by atoms with Gasteiger partial charge in [-0.2, -0.15) is 0 Å². The molecular weight excluding hydrogens is 288 g/mol. The maximum atomic E-state index is 13.8. The van der Waals surface area contributed by atoms with Gasteiger partial charge < -0.3 is 9.64 Å². The molecule has 0 fully saturated rings. The van der Waals surface area contributed by atoms with Crippen molar-refractivity contribution in [3.05, 3.63) is 71.3 Å². The zero-order valence-electron chi connectivity index (χ0n) is 12.3. The van der Waals surface area contributed by atoms with Crippen LogP contribution in [0.25, 0.3) is 0 Å². The highest BCUT2D eigenvalue weighted by Crippen LogP contribution is 2.14. The van der Waals surface area contributed by atoms with Crippen LogP contribution in [0.1, 0.15) is 15.9 Å². The lowest BCUT2D eigenvalue weighted by atomic mass is 10.1. The topological polar surface area (TPSA) is 29.5 Å². The van der Waals surface area contributed by atoms with E-state index in [1.54, 1.807) is 0 Å². The molecule has 0 aliphatic rings. The second-order valence-electron chi connectivity index (χ2n) is 4.83. The standard InChI is InChI=1S/C17H17F2NO2/c1-22-10-9-20(12-13-5-3-2-4-6-13)17(21)15-8-7-14(18)11-16(15)19/h2-8,11H,9-10,12H2,1H3. The van der Waals surface area contributed by atoms with E-state index in [2.05, 4.69) is 0 Å². The van der Waals surface area contributed by atoms with E-state index >= 15 is 0 Å². The van der Waals surface area contributed by atoms with Crippen molar-refractivity contribution in [1.29, 1.82) is 0 Å². The van der Waals surface area contributed by atoms with Crippen LogP contribution in [0.4, 0.5) is 8.78 Å². The summed E-state index contributed by atoms with van der Waals surface area (Å²) in [6.07, 6.45) is 0. The number of nitrogens with zero attached hydrogens (tertiary/aromatic N) is 1. The molecule has 0 spiro atoms. The van der Waals surface area contributed by atoms with Crippen molar-refractivity contribution in [2.75, 3.05) is 20.3 Å². The van der Waals surface area contributed by atoms with Gasteiger partial charge in [-0.25, -0.2) is 8.78 Å². The summed E-state index contributed by atoms with van der Waals surface area (Å²) in [7, 11) is 1.53. The van der Waals surface area contributed by atoms with E-state index in [0.29, 0.717) is 25.8 Å². The fourth-order valence-electron chi connectivity index (χ4n) is 2.09. The molecule has 0 saturated heterocycles. The molecule has 0 N–H and O–H groups in total. The van der Waals surface area contributed by atoms with Crippen molar-refractivity contribution in [2.45, 2.75) is 6.54 Å². The Morgan fingerprint density at radius 3 is 2.50 bits per heavy atom. The summed E-state index contributed by atoms with van der Waals surface area (Å²) in [4.78, 5) is 14.0. The van der Waals surface area contributed by atoms with Crippen LogP contribution in [0, 0.1) is 11.6 Å². The Balaban J connectivity index is 2.22. The first kappa shape index (κ1) is 16.1. The molecule has 2 aromatic carbocycles. The van der Waals surface area contributed by atoms with Crippen LogP contribution in [-0.2, 0) is 11.3 Å². The number of benzene rings is 2. The van der Waals surface area contributed by atoms with E-state index in [1.165, 1.54) is 12.0 Å². The Hall–Kier alpha value is -2.27. The molecule has 0 aliphatic heterocycles.